The Morgan fingerprint density at radius 2 is 1.84 bits per heavy atom. The number of halogens is 1. The van der Waals surface area contributed by atoms with E-state index in [1.165, 1.54) is 0 Å². The Morgan fingerprint density at radius 1 is 1.26 bits per heavy atom. The number of hydrogen-bond donors (Lipinski definition) is 2. The van der Waals surface area contributed by atoms with Crippen LogP contribution in [0.25, 0.3) is 0 Å². The molecule has 1 aliphatic rings. The normalized spacial score (nSPS) is 24.4. The van der Waals surface area contributed by atoms with Gasteiger partial charge in [-0.3, -0.25) is 0 Å². The van der Waals surface area contributed by atoms with Crippen molar-refractivity contribution in [2.75, 3.05) is 17.2 Å². The molecule has 0 unspecified atom stereocenters. The van der Waals surface area contributed by atoms with Gasteiger partial charge in [0.05, 0.1) is 9.05 Å². The first kappa shape index (κ1) is 15.4. The third-order valence-corrected chi connectivity index (χ3v) is 7.22. The topological polar surface area (TPSA) is 46.2 Å². The number of thioether (sulfide) groups is 2. The number of benzene rings is 1. The zero-order valence-electron chi connectivity index (χ0n) is 11.4. The van der Waals surface area contributed by atoms with Gasteiger partial charge >= 0.3 is 0 Å². The van der Waals surface area contributed by atoms with E-state index in [0.29, 0.717) is 27.2 Å². The lowest BCUT2D eigenvalue weighted by Crippen LogP contribution is -2.28. The van der Waals surface area contributed by atoms with Crippen molar-refractivity contribution in [1.82, 2.24) is 0 Å². The zero-order valence-corrected chi connectivity index (χ0v) is 14.7. The van der Waals surface area contributed by atoms with E-state index in [0.717, 1.165) is 17.1 Å². The molecular weight excluding hydrogens is 342 g/mol. The quantitative estimate of drug-likeness (QED) is 0.552. The SMILES string of the molecule is CC(C)(C)C1CSC(c2cc(N)cc(Br)c2O)SC1. The molecule has 0 aliphatic carbocycles. The number of aromatic hydroxyl groups is 1. The molecule has 1 fully saturated rings. The molecule has 1 heterocycles. The van der Waals surface area contributed by atoms with E-state index in [2.05, 4.69) is 36.7 Å². The average Bonchev–Trinajstić information content (AvgIpc) is 2.33. The molecule has 0 aromatic heterocycles. The fourth-order valence-electron chi connectivity index (χ4n) is 2.00. The Labute approximate surface area is 132 Å². The third kappa shape index (κ3) is 3.56. The Bertz CT molecular complexity index is 465. The summed E-state index contributed by atoms with van der Waals surface area (Å²) in [7, 11) is 0. The van der Waals surface area contributed by atoms with Gasteiger partial charge in [0, 0.05) is 11.3 Å². The van der Waals surface area contributed by atoms with Gasteiger partial charge in [-0.2, -0.15) is 0 Å². The second kappa shape index (κ2) is 5.78. The lowest BCUT2D eigenvalue weighted by atomic mass is 9.83. The van der Waals surface area contributed by atoms with Gasteiger partial charge in [-0.1, -0.05) is 20.8 Å². The first-order chi connectivity index (χ1) is 8.79. The minimum atomic E-state index is 0.276. The fraction of sp³-hybridized carbons (Fsp3) is 0.571. The summed E-state index contributed by atoms with van der Waals surface area (Å²) < 4.78 is 0.958. The van der Waals surface area contributed by atoms with Gasteiger partial charge in [-0.05, 0) is 50.9 Å². The molecule has 0 bridgehead atoms. The van der Waals surface area contributed by atoms with Crippen LogP contribution in [0.2, 0.25) is 0 Å². The van der Waals surface area contributed by atoms with Crippen molar-refractivity contribution in [1.29, 1.82) is 0 Å². The van der Waals surface area contributed by atoms with Crippen molar-refractivity contribution in [3.05, 3.63) is 22.2 Å². The lowest BCUT2D eigenvalue weighted by molar-refractivity contribution is 0.292. The van der Waals surface area contributed by atoms with Gasteiger partial charge in [0.1, 0.15) is 5.75 Å². The smallest absolute Gasteiger partial charge is 0.135 e. The Morgan fingerprint density at radius 3 is 2.37 bits per heavy atom. The van der Waals surface area contributed by atoms with E-state index in [1.54, 1.807) is 6.07 Å². The highest BCUT2D eigenvalue weighted by Gasteiger charge is 2.32. The monoisotopic (exact) mass is 361 g/mol. The molecule has 0 spiro atoms. The summed E-state index contributed by atoms with van der Waals surface area (Å²) in [5, 5.41) is 10.2. The number of rotatable bonds is 1. The van der Waals surface area contributed by atoms with Crippen molar-refractivity contribution >= 4 is 45.1 Å². The third-order valence-electron chi connectivity index (χ3n) is 3.49. The maximum atomic E-state index is 10.2. The summed E-state index contributed by atoms with van der Waals surface area (Å²) >= 11 is 7.18. The molecule has 0 atom stereocenters. The largest absolute Gasteiger partial charge is 0.506 e. The second-order valence-electron chi connectivity index (χ2n) is 6.00. The summed E-state index contributed by atoms with van der Waals surface area (Å²) in [5.41, 5.74) is 7.85. The highest BCUT2D eigenvalue weighted by atomic mass is 79.9. The van der Waals surface area contributed by atoms with Crippen molar-refractivity contribution < 1.29 is 5.11 Å². The summed E-state index contributed by atoms with van der Waals surface area (Å²) in [6.07, 6.45) is 0. The first-order valence-corrected chi connectivity index (χ1v) is 9.19. The number of nitrogen functional groups attached to an aromatic ring is 1. The maximum Gasteiger partial charge on any atom is 0.135 e. The van der Waals surface area contributed by atoms with Crippen LogP contribution in [0.1, 0.15) is 30.9 Å². The van der Waals surface area contributed by atoms with Crippen LogP contribution in [0.5, 0.6) is 5.75 Å². The van der Waals surface area contributed by atoms with Gasteiger partial charge in [0.25, 0.3) is 0 Å². The van der Waals surface area contributed by atoms with Crippen molar-refractivity contribution in [3.8, 4) is 5.75 Å². The Kier molecular flexibility index (Phi) is 4.68. The molecular formula is C14H20BrNOS2. The Balaban J connectivity index is 2.14. The van der Waals surface area contributed by atoms with Gasteiger partial charge in [-0.25, -0.2) is 0 Å². The lowest BCUT2D eigenvalue weighted by Gasteiger charge is -2.36. The van der Waals surface area contributed by atoms with E-state index in [1.807, 2.05) is 29.6 Å². The highest BCUT2D eigenvalue weighted by molar-refractivity contribution is 9.10. The minimum absolute atomic E-state index is 0.276. The van der Waals surface area contributed by atoms with Crippen LogP contribution in [0.3, 0.4) is 0 Å². The molecule has 2 rings (SSSR count). The van der Waals surface area contributed by atoms with Crippen LogP contribution >= 0.6 is 39.5 Å². The number of hydrogen-bond acceptors (Lipinski definition) is 4. The van der Waals surface area contributed by atoms with E-state index in [9.17, 15) is 5.11 Å². The fourth-order valence-corrected chi connectivity index (χ4v) is 6.27. The standard InChI is InChI=1S/C14H20BrNOS2/c1-14(2,3)8-6-18-13(19-7-8)10-4-9(16)5-11(15)12(10)17/h4-5,8,13,17H,6-7,16H2,1-3H3. The summed E-state index contributed by atoms with van der Waals surface area (Å²) in [6.45, 7) is 6.90. The second-order valence-corrected chi connectivity index (χ2v) is 9.43. The summed E-state index contributed by atoms with van der Waals surface area (Å²) in [6, 6.07) is 3.64. The molecule has 19 heavy (non-hydrogen) atoms. The van der Waals surface area contributed by atoms with Gasteiger partial charge in [-0.15, -0.1) is 23.5 Å². The van der Waals surface area contributed by atoms with E-state index >= 15 is 0 Å². The molecule has 0 radical (unpaired) electrons. The summed E-state index contributed by atoms with van der Waals surface area (Å²) in [4.78, 5) is 0. The van der Waals surface area contributed by atoms with Gasteiger partial charge in [0.15, 0.2) is 0 Å². The molecule has 3 N–H and O–H groups in total. The van der Waals surface area contributed by atoms with Crippen LogP contribution in [0, 0.1) is 11.3 Å². The zero-order chi connectivity index (χ0) is 14.2. The molecule has 0 amide bonds. The highest BCUT2D eigenvalue weighted by Crippen LogP contribution is 2.52. The summed E-state index contributed by atoms with van der Waals surface area (Å²) in [5.74, 6) is 3.30. The molecule has 2 nitrogen and oxygen atoms in total. The van der Waals surface area contributed by atoms with Crippen LogP contribution in [0.15, 0.2) is 16.6 Å². The molecule has 1 saturated heterocycles. The average molecular weight is 362 g/mol. The molecule has 1 aliphatic heterocycles. The molecule has 1 aromatic rings. The number of nitrogens with two attached hydrogens (primary N) is 1. The van der Waals surface area contributed by atoms with E-state index in [4.69, 9.17) is 5.73 Å². The van der Waals surface area contributed by atoms with Crippen LogP contribution in [0.4, 0.5) is 5.69 Å². The van der Waals surface area contributed by atoms with Crippen molar-refractivity contribution in [2.45, 2.75) is 25.4 Å². The van der Waals surface area contributed by atoms with E-state index in [-0.39, 0.29) is 4.58 Å². The van der Waals surface area contributed by atoms with Crippen LogP contribution in [-0.2, 0) is 0 Å². The first-order valence-electron chi connectivity index (χ1n) is 6.30. The van der Waals surface area contributed by atoms with Crippen LogP contribution < -0.4 is 5.73 Å². The maximum absolute atomic E-state index is 10.2. The van der Waals surface area contributed by atoms with Crippen LogP contribution in [-0.4, -0.2) is 16.6 Å². The predicted octanol–water partition coefficient (Wildman–Crippen LogP) is 4.88. The number of anilines is 1. The van der Waals surface area contributed by atoms with E-state index < -0.39 is 0 Å². The molecule has 0 saturated carbocycles. The molecule has 106 valence electrons. The van der Waals surface area contributed by atoms with Gasteiger partial charge in [0.2, 0.25) is 0 Å². The van der Waals surface area contributed by atoms with Crippen molar-refractivity contribution in [3.63, 3.8) is 0 Å². The molecule has 5 heteroatoms. The van der Waals surface area contributed by atoms with Crippen molar-refractivity contribution in [2.24, 2.45) is 11.3 Å². The molecule has 1 aromatic carbocycles. The minimum Gasteiger partial charge on any atom is -0.506 e. The number of phenolic OH excluding ortho intramolecular Hbond substituents is 1. The van der Waals surface area contributed by atoms with Gasteiger partial charge < -0.3 is 10.8 Å². The number of phenols is 1. The Hall–Kier alpha value is -0.0000000000000000555. The predicted molar refractivity (Wildman–Crippen MR) is 90.8 cm³/mol.